The number of carbonyl (C=O) groups excluding carboxylic acids is 2. The number of amides is 1. The summed E-state index contributed by atoms with van der Waals surface area (Å²) in [7, 11) is 0. The molecular weight excluding hydrogens is 498 g/mol. The molecule has 0 radical (unpaired) electrons. The predicted molar refractivity (Wildman–Crippen MR) is 137 cm³/mol. The fourth-order valence-electron chi connectivity index (χ4n) is 5.08. The van der Waals surface area contributed by atoms with E-state index in [4.69, 9.17) is 21.3 Å². The van der Waals surface area contributed by atoms with Gasteiger partial charge in [0.25, 0.3) is 5.56 Å². The number of pyridine rings is 2. The van der Waals surface area contributed by atoms with Crippen LogP contribution in [0.4, 0.5) is 0 Å². The van der Waals surface area contributed by atoms with Gasteiger partial charge in [0, 0.05) is 28.1 Å². The zero-order chi connectivity index (χ0) is 26.8. The van der Waals surface area contributed by atoms with E-state index in [1.54, 1.807) is 37.5 Å². The van der Waals surface area contributed by atoms with E-state index in [1.807, 2.05) is 13.0 Å². The van der Waals surface area contributed by atoms with Crippen molar-refractivity contribution >= 4 is 34.4 Å². The van der Waals surface area contributed by atoms with Gasteiger partial charge in [-0.2, -0.15) is 0 Å². The molecule has 1 amide bonds. The summed E-state index contributed by atoms with van der Waals surface area (Å²) in [5.41, 5.74) is 2.05. The molecule has 1 aromatic carbocycles. The molecule has 2 aromatic heterocycles. The number of benzene rings is 1. The van der Waals surface area contributed by atoms with Crippen molar-refractivity contribution in [2.45, 2.75) is 65.5 Å². The van der Waals surface area contributed by atoms with Crippen LogP contribution < -0.4 is 10.9 Å². The smallest absolute Gasteiger partial charge is 0.343 e. The average Bonchev–Trinajstić information content (AvgIpc) is 3.23. The monoisotopic (exact) mass is 525 g/mol. The largest absolute Gasteiger partial charge is 0.458 e. The van der Waals surface area contributed by atoms with E-state index in [0.717, 1.165) is 22.1 Å². The first-order valence-electron chi connectivity index (χ1n) is 12.2. The Kier molecular flexibility index (Phi) is 6.13. The molecule has 37 heavy (non-hydrogen) atoms. The van der Waals surface area contributed by atoms with Crippen molar-refractivity contribution in [1.82, 2.24) is 14.9 Å². The van der Waals surface area contributed by atoms with Crippen molar-refractivity contribution in [2.75, 3.05) is 0 Å². The Bertz CT molecular complexity index is 1550. The highest BCUT2D eigenvalue weighted by Crippen LogP contribution is 2.40. The normalized spacial score (nSPS) is 18.9. The minimum atomic E-state index is -1.92. The highest BCUT2D eigenvalue weighted by Gasteiger charge is 2.45. The molecule has 0 saturated carbocycles. The summed E-state index contributed by atoms with van der Waals surface area (Å²) in [5.74, 6) is -1.53. The molecule has 0 spiro atoms. The van der Waals surface area contributed by atoms with Gasteiger partial charge in [-0.1, -0.05) is 32.4 Å². The topological polar surface area (TPSA) is 131 Å². The van der Waals surface area contributed by atoms with E-state index >= 15 is 0 Å². The maximum absolute atomic E-state index is 13.5. The van der Waals surface area contributed by atoms with Gasteiger partial charge in [-0.3, -0.25) is 9.59 Å². The van der Waals surface area contributed by atoms with Crippen LogP contribution in [0.25, 0.3) is 22.3 Å². The number of ether oxygens (including phenoxy) is 1. The van der Waals surface area contributed by atoms with Gasteiger partial charge in [0.05, 0.1) is 29.0 Å². The van der Waals surface area contributed by atoms with Crippen LogP contribution in [0.15, 0.2) is 23.0 Å². The summed E-state index contributed by atoms with van der Waals surface area (Å²) >= 11 is 6.40. The van der Waals surface area contributed by atoms with Crippen LogP contribution in [0.5, 0.6) is 0 Å². The van der Waals surface area contributed by atoms with Crippen LogP contribution in [-0.2, 0) is 39.6 Å². The third kappa shape index (κ3) is 3.84. The Hall–Kier alpha value is -3.27. The minimum absolute atomic E-state index is 0.0457. The molecule has 1 unspecified atom stereocenters. The molecular formula is C27H28ClN3O6. The SMILES string of the molecule is CC[C@@]1(O)C(=O)OCc2c1cc1n(c2=O)Cc2c-1nc1cc(Cl)c(C)cc1c2CNC(=O)C(O)C(C)C. The molecule has 4 heterocycles. The Balaban J connectivity index is 1.71. The second kappa shape index (κ2) is 8.93. The summed E-state index contributed by atoms with van der Waals surface area (Å²) in [4.78, 5) is 43.4. The Morgan fingerprint density at radius 3 is 2.68 bits per heavy atom. The van der Waals surface area contributed by atoms with Crippen LogP contribution in [0.1, 0.15) is 55.0 Å². The zero-order valence-electron chi connectivity index (χ0n) is 21.0. The molecule has 5 rings (SSSR count). The van der Waals surface area contributed by atoms with Gasteiger partial charge in [-0.25, -0.2) is 9.78 Å². The lowest BCUT2D eigenvalue weighted by Gasteiger charge is -2.31. The van der Waals surface area contributed by atoms with E-state index in [1.165, 1.54) is 0 Å². The highest BCUT2D eigenvalue weighted by atomic mass is 35.5. The molecule has 10 heteroatoms. The lowest BCUT2D eigenvalue weighted by molar-refractivity contribution is -0.172. The van der Waals surface area contributed by atoms with Gasteiger partial charge in [-0.05, 0) is 48.6 Å². The van der Waals surface area contributed by atoms with Crippen molar-refractivity contribution in [2.24, 2.45) is 5.92 Å². The summed E-state index contributed by atoms with van der Waals surface area (Å²) in [6, 6.07) is 5.27. The molecule has 2 atom stereocenters. The maximum atomic E-state index is 13.5. The van der Waals surface area contributed by atoms with Crippen LogP contribution >= 0.6 is 11.6 Å². The molecule has 0 saturated heterocycles. The molecule has 9 nitrogen and oxygen atoms in total. The minimum Gasteiger partial charge on any atom is -0.458 e. The van der Waals surface area contributed by atoms with Crippen LogP contribution in [0, 0.1) is 12.8 Å². The number of nitrogens with one attached hydrogen (secondary N) is 1. The molecule has 2 aliphatic heterocycles. The fraction of sp³-hybridized carbons (Fsp3) is 0.407. The molecule has 2 aliphatic rings. The number of aromatic nitrogens is 2. The van der Waals surface area contributed by atoms with E-state index in [2.05, 4.69) is 5.32 Å². The van der Waals surface area contributed by atoms with Crippen LogP contribution in [0.2, 0.25) is 5.02 Å². The highest BCUT2D eigenvalue weighted by molar-refractivity contribution is 6.32. The molecule has 0 aliphatic carbocycles. The number of nitrogens with zero attached hydrogens (tertiary/aromatic N) is 2. The van der Waals surface area contributed by atoms with Crippen molar-refractivity contribution in [3.63, 3.8) is 0 Å². The van der Waals surface area contributed by atoms with E-state index in [9.17, 15) is 24.6 Å². The van der Waals surface area contributed by atoms with E-state index in [0.29, 0.717) is 21.9 Å². The molecule has 3 aromatic rings. The Labute approximate surface area is 218 Å². The standard InChI is InChI=1S/C27H28ClN3O6/c1-5-27(36)18-7-21-22-16(10-31(21)25(34)17(18)11-37-26(27)35)15(9-29-24(33)23(32)12(2)3)14-6-13(4)19(28)8-20(14)30-22/h6-8,12,23,32,36H,5,9-11H2,1-4H3,(H,29,33)/t23?,27-/m0/s1. The van der Waals surface area contributed by atoms with E-state index in [-0.39, 0.29) is 48.7 Å². The number of halogens is 1. The number of aliphatic hydroxyl groups excluding tert-OH is 1. The second-order valence-electron chi connectivity index (χ2n) is 10.0. The number of hydrogen-bond donors (Lipinski definition) is 3. The molecule has 0 bridgehead atoms. The predicted octanol–water partition coefficient (Wildman–Crippen LogP) is 2.67. The molecule has 0 fully saturated rings. The van der Waals surface area contributed by atoms with Crippen LogP contribution in [-0.4, -0.2) is 37.7 Å². The van der Waals surface area contributed by atoms with Gasteiger partial charge in [0.2, 0.25) is 5.91 Å². The number of carbonyl (C=O) groups is 2. The quantitative estimate of drug-likeness (QED) is 0.341. The van der Waals surface area contributed by atoms with Gasteiger partial charge < -0.3 is 24.8 Å². The second-order valence-corrected chi connectivity index (χ2v) is 10.5. The first kappa shape index (κ1) is 25.4. The summed E-state index contributed by atoms with van der Waals surface area (Å²) in [6.07, 6.45) is -1.11. The lowest BCUT2D eigenvalue weighted by atomic mass is 9.86. The van der Waals surface area contributed by atoms with Gasteiger partial charge >= 0.3 is 5.97 Å². The number of aryl methyl sites for hydroxylation is 1. The zero-order valence-corrected chi connectivity index (χ0v) is 21.8. The lowest BCUT2D eigenvalue weighted by Crippen LogP contribution is -2.44. The summed E-state index contributed by atoms with van der Waals surface area (Å²) < 4.78 is 6.69. The third-order valence-electron chi connectivity index (χ3n) is 7.43. The Morgan fingerprint density at radius 1 is 1.27 bits per heavy atom. The fourth-order valence-corrected chi connectivity index (χ4v) is 5.23. The number of esters is 1. The van der Waals surface area contributed by atoms with Gasteiger partial charge in [0.15, 0.2) is 5.60 Å². The van der Waals surface area contributed by atoms with Gasteiger partial charge in [-0.15, -0.1) is 0 Å². The third-order valence-corrected chi connectivity index (χ3v) is 7.83. The number of hydrogen-bond acceptors (Lipinski definition) is 7. The summed E-state index contributed by atoms with van der Waals surface area (Å²) in [6.45, 7) is 7.11. The number of aliphatic hydroxyl groups is 2. The Morgan fingerprint density at radius 2 is 2.00 bits per heavy atom. The van der Waals surface area contributed by atoms with Crippen molar-refractivity contribution in [3.8, 4) is 11.4 Å². The number of rotatable bonds is 5. The van der Waals surface area contributed by atoms with Gasteiger partial charge in [0.1, 0.15) is 12.7 Å². The molecule has 3 N–H and O–H groups in total. The number of cyclic esters (lactones) is 1. The molecule has 194 valence electrons. The average molecular weight is 526 g/mol. The van der Waals surface area contributed by atoms with Crippen molar-refractivity contribution in [1.29, 1.82) is 0 Å². The van der Waals surface area contributed by atoms with Crippen molar-refractivity contribution < 1.29 is 24.5 Å². The maximum Gasteiger partial charge on any atom is 0.343 e. The van der Waals surface area contributed by atoms with Crippen LogP contribution in [0.3, 0.4) is 0 Å². The first-order valence-corrected chi connectivity index (χ1v) is 12.6. The number of fused-ring (bicyclic) bond motifs is 5. The van der Waals surface area contributed by atoms with E-state index < -0.39 is 23.6 Å². The van der Waals surface area contributed by atoms with Crippen molar-refractivity contribution in [3.05, 3.63) is 61.4 Å². The first-order chi connectivity index (χ1) is 17.5. The summed E-state index contributed by atoms with van der Waals surface area (Å²) in [5, 5.41) is 25.4.